The number of nitrogens with one attached hydrogen (secondary N) is 1. The lowest BCUT2D eigenvalue weighted by Crippen LogP contribution is -2.49. The number of fused-ring (bicyclic) bond motifs is 2. The molecule has 2 amide bonds. The summed E-state index contributed by atoms with van der Waals surface area (Å²) in [5.74, 6) is 0.672. The number of amides is 2. The highest BCUT2D eigenvalue weighted by Crippen LogP contribution is 2.39. The lowest BCUT2D eigenvalue weighted by molar-refractivity contribution is -0.134. The van der Waals surface area contributed by atoms with Gasteiger partial charge in [-0.3, -0.25) is 19.8 Å². The zero-order valence-corrected chi connectivity index (χ0v) is 20.4. The SMILES string of the molecule is O=C(Nc1nc2c(s1)CCC2C(=O)N1CCN(Cc2ccc3c(c2)OCO3)CC1)c1ccc(F)cc1. The predicted octanol–water partition coefficient (Wildman–Crippen LogP) is 3.64. The van der Waals surface area contributed by atoms with Crippen molar-refractivity contribution in [2.75, 3.05) is 38.3 Å². The number of hydrogen-bond acceptors (Lipinski definition) is 7. The predicted molar refractivity (Wildman–Crippen MR) is 132 cm³/mol. The van der Waals surface area contributed by atoms with Crippen LogP contribution in [0.3, 0.4) is 0 Å². The number of hydrogen-bond donors (Lipinski definition) is 1. The minimum absolute atomic E-state index is 0.109. The maximum atomic E-state index is 13.4. The Morgan fingerprint density at radius 2 is 1.83 bits per heavy atom. The van der Waals surface area contributed by atoms with E-state index in [0.29, 0.717) is 23.8 Å². The summed E-state index contributed by atoms with van der Waals surface area (Å²) in [6.45, 7) is 4.02. The topological polar surface area (TPSA) is 84.0 Å². The van der Waals surface area contributed by atoms with E-state index < -0.39 is 5.82 Å². The van der Waals surface area contributed by atoms with Crippen LogP contribution in [0.25, 0.3) is 0 Å². The van der Waals surface area contributed by atoms with E-state index in [0.717, 1.165) is 60.1 Å². The van der Waals surface area contributed by atoms with Crippen LogP contribution >= 0.6 is 11.3 Å². The van der Waals surface area contributed by atoms with Gasteiger partial charge < -0.3 is 14.4 Å². The molecule has 1 aromatic heterocycles. The van der Waals surface area contributed by atoms with E-state index in [1.54, 1.807) is 0 Å². The second-order valence-corrected chi connectivity index (χ2v) is 10.3. The number of aryl methyl sites for hydroxylation is 1. The number of benzene rings is 2. The Labute approximate surface area is 211 Å². The molecule has 8 nitrogen and oxygen atoms in total. The number of rotatable bonds is 5. The summed E-state index contributed by atoms with van der Waals surface area (Å²) in [4.78, 5) is 35.8. The fourth-order valence-corrected chi connectivity index (χ4v) is 5.97. The van der Waals surface area contributed by atoms with Gasteiger partial charge in [-0.05, 0) is 54.8 Å². The molecule has 3 aliphatic rings. The third-order valence-electron chi connectivity index (χ3n) is 6.87. The molecular weight excluding hydrogens is 483 g/mol. The van der Waals surface area contributed by atoms with E-state index in [4.69, 9.17) is 9.47 Å². The number of piperazine rings is 1. The van der Waals surface area contributed by atoms with Gasteiger partial charge in [-0.1, -0.05) is 6.07 Å². The van der Waals surface area contributed by atoms with Crippen LogP contribution in [0.4, 0.5) is 9.52 Å². The zero-order chi connectivity index (χ0) is 24.6. The Kier molecular flexibility index (Phi) is 6.06. The van der Waals surface area contributed by atoms with E-state index in [1.165, 1.54) is 35.6 Å². The maximum Gasteiger partial charge on any atom is 0.257 e. The molecule has 0 bridgehead atoms. The first-order valence-corrected chi connectivity index (χ1v) is 12.8. The summed E-state index contributed by atoms with van der Waals surface area (Å²) in [7, 11) is 0. The van der Waals surface area contributed by atoms with Gasteiger partial charge in [0.2, 0.25) is 12.7 Å². The second kappa shape index (κ2) is 9.51. The lowest BCUT2D eigenvalue weighted by atomic mass is 10.0. The number of anilines is 1. The van der Waals surface area contributed by atoms with E-state index in [-0.39, 0.29) is 24.5 Å². The van der Waals surface area contributed by atoms with Crippen molar-refractivity contribution in [1.29, 1.82) is 0 Å². The summed E-state index contributed by atoms with van der Waals surface area (Å²) >= 11 is 1.41. The number of carbonyl (C=O) groups is 2. The largest absolute Gasteiger partial charge is 0.454 e. The zero-order valence-electron chi connectivity index (χ0n) is 19.5. The summed E-state index contributed by atoms with van der Waals surface area (Å²) < 4.78 is 24.0. The molecule has 1 fully saturated rings. The van der Waals surface area contributed by atoms with Gasteiger partial charge in [0.1, 0.15) is 5.82 Å². The van der Waals surface area contributed by atoms with Crippen molar-refractivity contribution < 1.29 is 23.5 Å². The van der Waals surface area contributed by atoms with E-state index in [1.807, 2.05) is 17.0 Å². The molecule has 6 rings (SSSR count). The minimum Gasteiger partial charge on any atom is -0.454 e. The Hall–Kier alpha value is -3.50. The molecule has 1 unspecified atom stereocenters. The van der Waals surface area contributed by atoms with E-state index in [9.17, 15) is 14.0 Å². The van der Waals surface area contributed by atoms with Crippen molar-refractivity contribution in [2.24, 2.45) is 0 Å². The summed E-state index contributed by atoms with van der Waals surface area (Å²) in [6, 6.07) is 11.4. The van der Waals surface area contributed by atoms with Crippen LogP contribution in [-0.2, 0) is 17.8 Å². The second-order valence-electron chi connectivity index (χ2n) is 9.17. The molecule has 0 saturated carbocycles. The van der Waals surface area contributed by atoms with E-state index >= 15 is 0 Å². The van der Waals surface area contributed by atoms with Crippen LogP contribution < -0.4 is 14.8 Å². The molecule has 1 saturated heterocycles. The normalized spacial score (nSPS) is 18.8. The highest BCUT2D eigenvalue weighted by molar-refractivity contribution is 7.16. The molecule has 36 heavy (non-hydrogen) atoms. The van der Waals surface area contributed by atoms with Crippen molar-refractivity contribution in [3.63, 3.8) is 0 Å². The summed E-state index contributed by atoms with van der Waals surface area (Å²) in [5.41, 5.74) is 2.30. The van der Waals surface area contributed by atoms with Gasteiger partial charge in [0.25, 0.3) is 5.91 Å². The fourth-order valence-electron chi connectivity index (χ4n) is 4.94. The Morgan fingerprint density at radius 1 is 1.06 bits per heavy atom. The highest BCUT2D eigenvalue weighted by Gasteiger charge is 2.36. The molecule has 186 valence electrons. The van der Waals surface area contributed by atoms with Gasteiger partial charge in [-0.15, -0.1) is 11.3 Å². The average Bonchev–Trinajstić information content (AvgIpc) is 3.60. The fraction of sp³-hybridized carbons (Fsp3) is 0.346. The summed E-state index contributed by atoms with van der Waals surface area (Å²) in [6.07, 6.45) is 1.52. The standard InChI is InChI=1S/C26H25FN4O4S/c27-18-4-2-17(3-5-18)24(32)29-26-28-23-19(6-8-22(23)36-26)25(33)31-11-9-30(10-12-31)14-16-1-7-20-21(13-16)35-15-34-20/h1-5,7,13,19H,6,8-12,14-15H2,(H,28,29,32). The summed E-state index contributed by atoms with van der Waals surface area (Å²) in [5, 5.41) is 3.26. The first-order valence-electron chi connectivity index (χ1n) is 12.0. The molecule has 3 aromatic rings. The van der Waals surface area contributed by atoms with Gasteiger partial charge in [0, 0.05) is 43.2 Å². The Bertz CT molecular complexity index is 1300. The van der Waals surface area contributed by atoms with Gasteiger partial charge in [-0.2, -0.15) is 0 Å². The lowest BCUT2D eigenvalue weighted by Gasteiger charge is -2.36. The van der Waals surface area contributed by atoms with Crippen LogP contribution in [-0.4, -0.2) is 59.6 Å². The van der Waals surface area contributed by atoms with Crippen LogP contribution in [0.2, 0.25) is 0 Å². The van der Waals surface area contributed by atoms with Crippen molar-refractivity contribution in [1.82, 2.24) is 14.8 Å². The number of carbonyl (C=O) groups excluding carboxylic acids is 2. The van der Waals surface area contributed by atoms with Crippen LogP contribution in [0.5, 0.6) is 11.5 Å². The molecule has 0 spiro atoms. The first-order chi connectivity index (χ1) is 17.5. The molecule has 2 aromatic carbocycles. The van der Waals surface area contributed by atoms with Crippen molar-refractivity contribution in [3.05, 3.63) is 70.0 Å². The van der Waals surface area contributed by atoms with Crippen molar-refractivity contribution in [3.8, 4) is 11.5 Å². The smallest absolute Gasteiger partial charge is 0.257 e. The van der Waals surface area contributed by atoms with Gasteiger partial charge in [-0.25, -0.2) is 9.37 Å². The Morgan fingerprint density at radius 3 is 2.64 bits per heavy atom. The quantitative estimate of drug-likeness (QED) is 0.567. The number of nitrogens with zero attached hydrogens (tertiary/aromatic N) is 3. The van der Waals surface area contributed by atoms with Gasteiger partial charge in [0.05, 0.1) is 11.6 Å². The number of halogens is 1. The molecule has 1 aliphatic carbocycles. The monoisotopic (exact) mass is 508 g/mol. The average molecular weight is 509 g/mol. The molecule has 10 heteroatoms. The molecular formula is C26H25FN4O4S. The molecule has 0 radical (unpaired) electrons. The van der Waals surface area contributed by atoms with Crippen LogP contribution in [0.15, 0.2) is 42.5 Å². The van der Waals surface area contributed by atoms with Crippen LogP contribution in [0.1, 0.15) is 38.8 Å². The molecule has 1 atom stereocenters. The highest BCUT2D eigenvalue weighted by atomic mass is 32.1. The third-order valence-corrected chi connectivity index (χ3v) is 7.92. The third kappa shape index (κ3) is 4.54. The maximum absolute atomic E-state index is 13.4. The van der Waals surface area contributed by atoms with Crippen molar-refractivity contribution >= 4 is 28.3 Å². The number of ether oxygens (including phenoxy) is 2. The van der Waals surface area contributed by atoms with E-state index in [2.05, 4.69) is 21.3 Å². The first kappa shape index (κ1) is 22.9. The van der Waals surface area contributed by atoms with Crippen molar-refractivity contribution in [2.45, 2.75) is 25.3 Å². The Balaban J connectivity index is 1.05. The van der Waals surface area contributed by atoms with Crippen LogP contribution in [0, 0.1) is 5.82 Å². The van der Waals surface area contributed by atoms with Gasteiger partial charge >= 0.3 is 0 Å². The molecule has 2 aliphatic heterocycles. The minimum atomic E-state index is -0.394. The van der Waals surface area contributed by atoms with Gasteiger partial charge in [0.15, 0.2) is 16.6 Å². The molecule has 1 N–H and O–H groups in total. The number of thiazole rings is 1. The molecule has 3 heterocycles. The number of aromatic nitrogens is 1.